The molecule has 3 aromatic rings. The number of nitrogens with one attached hydrogen (secondary N) is 2. The molecule has 2 heterocycles. The number of hydrogen-bond donors (Lipinski definition) is 2. The number of amides is 2. The van der Waals surface area contributed by atoms with Crippen molar-refractivity contribution in [3.63, 3.8) is 0 Å². The highest BCUT2D eigenvalue weighted by atomic mass is 35.5. The Labute approximate surface area is 214 Å². The minimum absolute atomic E-state index is 0.0804. The molecule has 0 atom stereocenters. The molecule has 5 rings (SSSR count). The summed E-state index contributed by atoms with van der Waals surface area (Å²) in [6, 6.07) is 11.2. The smallest absolute Gasteiger partial charge is 0.257 e. The third-order valence-corrected chi connectivity index (χ3v) is 7.22. The van der Waals surface area contributed by atoms with E-state index < -0.39 is 17.1 Å². The third-order valence-electron chi connectivity index (χ3n) is 5.91. The van der Waals surface area contributed by atoms with Gasteiger partial charge in [0.15, 0.2) is 11.0 Å². The minimum atomic E-state index is -0.659. The van der Waals surface area contributed by atoms with Gasteiger partial charge >= 0.3 is 0 Å². The van der Waals surface area contributed by atoms with E-state index in [2.05, 4.69) is 26.7 Å². The Bertz CT molecular complexity index is 1470. The molecule has 1 saturated carbocycles. The number of thiazole rings is 1. The Morgan fingerprint density at radius 1 is 1.22 bits per heavy atom. The summed E-state index contributed by atoms with van der Waals surface area (Å²) in [4.78, 5) is 33.0. The fourth-order valence-corrected chi connectivity index (χ4v) is 5.24. The van der Waals surface area contributed by atoms with Crippen LogP contribution < -0.4 is 15.4 Å². The van der Waals surface area contributed by atoms with Crippen molar-refractivity contribution >= 4 is 56.5 Å². The molecule has 0 bridgehead atoms. The molecule has 1 aliphatic heterocycles. The van der Waals surface area contributed by atoms with Crippen molar-refractivity contribution in [1.82, 2.24) is 4.98 Å². The van der Waals surface area contributed by atoms with E-state index in [0.29, 0.717) is 53.0 Å². The first-order valence-electron chi connectivity index (χ1n) is 11.1. The number of rotatable bonds is 5. The van der Waals surface area contributed by atoms with E-state index in [0.717, 1.165) is 5.69 Å². The van der Waals surface area contributed by atoms with Crippen LogP contribution in [0, 0.1) is 17.1 Å². The lowest BCUT2D eigenvalue weighted by Crippen LogP contribution is -2.16. The molecule has 8 nitrogen and oxygen atoms in total. The van der Waals surface area contributed by atoms with Crippen LogP contribution in [-0.2, 0) is 16.6 Å². The second kappa shape index (κ2) is 9.33. The third kappa shape index (κ3) is 4.67. The summed E-state index contributed by atoms with van der Waals surface area (Å²) in [7, 11) is 0. The molecular weight excluding hydrogens is 505 g/mol. The van der Waals surface area contributed by atoms with Gasteiger partial charge in [0, 0.05) is 25.8 Å². The number of ether oxygens (including phenoxy) is 1. The van der Waals surface area contributed by atoms with Gasteiger partial charge in [0.1, 0.15) is 16.6 Å². The summed E-state index contributed by atoms with van der Waals surface area (Å²) >= 11 is 7.71. The SMILES string of the molecule is CC(=O)Nc1nc2c(s1)N=C(Oc1ccc(F)c(NC(=O)c3cccc(C4(C#N)CC4)c3Cl)c1)CC2. The summed E-state index contributed by atoms with van der Waals surface area (Å²) in [6.07, 6.45) is 2.42. The van der Waals surface area contributed by atoms with Crippen LogP contribution in [0.1, 0.15) is 47.8 Å². The summed E-state index contributed by atoms with van der Waals surface area (Å²) in [6.45, 7) is 1.41. The van der Waals surface area contributed by atoms with E-state index in [4.69, 9.17) is 16.3 Å². The highest BCUT2D eigenvalue weighted by Gasteiger charge is 2.46. The number of carbonyl (C=O) groups is 2. The van der Waals surface area contributed by atoms with E-state index in [9.17, 15) is 19.2 Å². The fourth-order valence-electron chi connectivity index (χ4n) is 3.90. The van der Waals surface area contributed by atoms with Crippen LogP contribution in [0.5, 0.6) is 5.75 Å². The van der Waals surface area contributed by atoms with Crippen LogP contribution in [0.15, 0.2) is 41.4 Å². The number of benzene rings is 2. The van der Waals surface area contributed by atoms with Gasteiger partial charge in [0.2, 0.25) is 5.91 Å². The number of fused-ring (bicyclic) bond motifs is 1. The van der Waals surface area contributed by atoms with Gasteiger partial charge < -0.3 is 15.4 Å². The number of aliphatic imine (C=N–C) groups is 1. The number of aryl methyl sites for hydroxylation is 1. The average molecular weight is 524 g/mol. The number of nitrogens with zero attached hydrogens (tertiary/aromatic N) is 3. The molecule has 0 unspecified atom stereocenters. The topological polar surface area (TPSA) is 116 Å². The van der Waals surface area contributed by atoms with Gasteiger partial charge in [-0.3, -0.25) is 9.59 Å². The van der Waals surface area contributed by atoms with Gasteiger partial charge in [-0.15, -0.1) is 0 Å². The molecule has 0 spiro atoms. The summed E-state index contributed by atoms with van der Waals surface area (Å²) in [5.74, 6) is -0.754. The van der Waals surface area contributed by atoms with Crippen LogP contribution in [0.2, 0.25) is 5.02 Å². The summed E-state index contributed by atoms with van der Waals surface area (Å²) < 4.78 is 20.4. The van der Waals surface area contributed by atoms with Gasteiger partial charge in [-0.1, -0.05) is 35.1 Å². The van der Waals surface area contributed by atoms with Crippen molar-refractivity contribution in [3.8, 4) is 11.8 Å². The molecule has 1 aromatic heterocycles. The Balaban J connectivity index is 1.34. The zero-order valence-corrected chi connectivity index (χ0v) is 20.6. The van der Waals surface area contributed by atoms with E-state index in [-0.39, 0.29) is 22.2 Å². The largest absolute Gasteiger partial charge is 0.443 e. The molecule has 0 saturated heterocycles. The number of aromatic nitrogens is 1. The molecule has 2 N–H and O–H groups in total. The zero-order chi connectivity index (χ0) is 25.4. The van der Waals surface area contributed by atoms with Crippen molar-refractivity contribution in [2.24, 2.45) is 4.99 Å². The molecule has 0 radical (unpaired) electrons. The van der Waals surface area contributed by atoms with Crippen molar-refractivity contribution in [2.45, 2.75) is 38.0 Å². The standard InChI is InChI=1S/C25H19ClFN5O3S/c1-13(33)29-24-31-18-7-8-20(32-23(18)36-24)35-14-5-6-17(27)19(11-14)30-22(34)15-3-2-4-16(21(15)26)25(12-28)9-10-25/h2-6,11H,7-10H2,1H3,(H,30,34)(H,29,31,33). The second-order valence-electron chi connectivity index (χ2n) is 8.52. The van der Waals surface area contributed by atoms with Crippen LogP contribution in [0.4, 0.5) is 20.2 Å². The van der Waals surface area contributed by atoms with Gasteiger partial charge in [-0.05, 0) is 36.6 Å². The molecule has 182 valence electrons. The van der Waals surface area contributed by atoms with Crippen LogP contribution in [0.3, 0.4) is 0 Å². The molecule has 1 fully saturated rings. The molecule has 2 aromatic carbocycles. The monoisotopic (exact) mass is 523 g/mol. The van der Waals surface area contributed by atoms with E-state index in [1.165, 1.54) is 42.5 Å². The van der Waals surface area contributed by atoms with Gasteiger partial charge in [-0.25, -0.2) is 14.4 Å². The van der Waals surface area contributed by atoms with Crippen LogP contribution in [0.25, 0.3) is 0 Å². The van der Waals surface area contributed by atoms with Crippen molar-refractivity contribution in [2.75, 3.05) is 10.6 Å². The Hall–Kier alpha value is -3.81. The molecule has 1 aliphatic carbocycles. The first-order valence-corrected chi connectivity index (χ1v) is 12.3. The average Bonchev–Trinajstić information content (AvgIpc) is 3.54. The van der Waals surface area contributed by atoms with Gasteiger partial charge in [-0.2, -0.15) is 5.26 Å². The van der Waals surface area contributed by atoms with Crippen molar-refractivity contribution in [3.05, 3.63) is 64.1 Å². The predicted molar refractivity (Wildman–Crippen MR) is 135 cm³/mol. The lowest BCUT2D eigenvalue weighted by Gasteiger charge is -2.15. The molecule has 36 heavy (non-hydrogen) atoms. The van der Waals surface area contributed by atoms with Crippen LogP contribution >= 0.6 is 22.9 Å². The quantitative estimate of drug-likeness (QED) is 0.441. The lowest BCUT2D eigenvalue weighted by atomic mass is 9.95. The fraction of sp³-hybridized carbons (Fsp3) is 0.240. The first kappa shape index (κ1) is 23.9. The first-order chi connectivity index (χ1) is 17.3. The lowest BCUT2D eigenvalue weighted by molar-refractivity contribution is -0.114. The number of halogens is 2. The predicted octanol–water partition coefficient (Wildman–Crippen LogP) is 5.76. The van der Waals surface area contributed by atoms with Crippen molar-refractivity contribution < 1.29 is 18.7 Å². The highest BCUT2D eigenvalue weighted by Crippen LogP contribution is 2.50. The molecule has 11 heteroatoms. The van der Waals surface area contributed by atoms with E-state index >= 15 is 0 Å². The Morgan fingerprint density at radius 3 is 2.75 bits per heavy atom. The highest BCUT2D eigenvalue weighted by molar-refractivity contribution is 7.19. The maximum absolute atomic E-state index is 14.5. The maximum atomic E-state index is 14.5. The summed E-state index contributed by atoms with van der Waals surface area (Å²) in [5.41, 5.74) is 0.797. The summed E-state index contributed by atoms with van der Waals surface area (Å²) in [5, 5.41) is 16.0. The molecule has 2 amide bonds. The minimum Gasteiger partial charge on any atom is -0.443 e. The van der Waals surface area contributed by atoms with Gasteiger partial charge in [0.05, 0.1) is 33.5 Å². The van der Waals surface area contributed by atoms with E-state index in [1.54, 1.807) is 12.1 Å². The number of carbonyl (C=O) groups excluding carboxylic acids is 2. The van der Waals surface area contributed by atoms with Crippen LogP contribution in [-0.4, -0.2) is 22.7 Å². The maximum Gasteiger partial charge on any atom is 0.257 e. The number of anilines is 2. The van der Waals surface area contributed by atoms with E-state index in [1.807, 2.05) is 0 Å². The zero-order valence-electron chi connectivity index (χ0n) is 19.0. The Kier molecular flexibility index (Phi) is 6.20. The number of hydrogen-bond acceptors (Lipinski definition) is 7. The van der Waals surface area contributed by atoms with Gasteiger partial charge in [0.25, 0.3) is 5.91 Å². The second-order valence-corrected chi connectivity index (χ2v) is 9.87. The number of nitriles is 1. The molecule has 2 aliphatic rings. The molecular formula is C25H19ClFN5O3S. The Morgan fingerprint density at radius 2 is 2.03 bits per heavy atom. The van der Waals surface area contributed by atoms with Crippen molar-refractivity contribution in [1.29, 1.82) is 5.26 Å². The normalized spacial score (nSPS) is 15.2.